The summed E-state index contributed by atoms with van der Waals surface area (Å²) in [4.78, 5) is 73.7. The van der Waals surface area contributed by atoms with Gasteiger partial charge in [-0.15, -0.1) is 0 Å². The van der Waals surface area contributed by atoms with Gasteiger partial charge in [-0.1, -0.05) is 44.2 Å². The van der Waals surface area contributed by atoms with Crippen molar-refractivity contribution in [3.8, 4) is 5.75 Å². The predicted octanol–water partition coefficient (Wildman–Crippen LogP) is 2.16. The molecule has 0 bridgehead atoms. The minimum atomic E-state index is -1.46. The standard InChI is InChI=1S/C30H33N3O10/c1-17(2)27(33-30(40)42-15-19-7-5-4-6-8-19)29(39)31-18(3)28(38)32-22(14-25(35)36)23(34)16-41-21-11-9-20-10-12-26(37)43-24(20)13-21/h4-13,17-18,22,27H,14-16H2,1-3H3,(H,31,39)(H,32,38)(H,33,40)(H,35,36)/t18-,22?,27-/m0/s1. The summed E-state index contributed by atoms with van der Waals surface area (Å²) in [7, 11) is 0. The molecule has 0 radical (unpaired) electrons. The van der Waals surface area contributed by atoms with Gasteiger partial charge in [0.25, 0.3) is 0 Å². The lowest BCUT2D eigenvalue weighted by atomic mass is 10.0. The van der Waals surface area contributed by atoms with Crippen molar-refractivity contribution in [3.63, 3.8) is 0 Å². The summed E-state index contributed by atoms with van der Waals surface area (Å²) in [5.74, 6) is -3.78. The van der Waals surface area contributed by atoms with Crippen LogP contribution in [0.2, 0.25) is 0 Å². The molecule has 13 nitrogen and oxygen atoms in total. The van der Waals surface area contributed by atoms with Crippen LogP contribution in [-0.2, 0) is 30.5 Å². The molecule has 0 saturated carbocycles. The maximum Gasteiger partial charge on any atom is 0.408 e. The predicted molar refractivity (Wildman–Crippen MR) is 153 cm³/mol. The lowest BCUT2D eigenvalue weighted by Crippen LogP contribution is -2.56. The molecule has 3 aromatic rings. The number of aliphatic carboxylic acids is 1. The van der Waals surface area contributed by atoms with Crippen LogP contribution in [0, 0.1) is 5.92 Å². The molecular formula is C30H33N3O10. The molecule has 4 N–H and O–H groups in total. The van der Waals surface area contributed by atoms with Crippen molar-refractivity contribution in [2.75, 3.05) is 6.61 Å². The number of carbonyl (C=O) groups excluding carboxylic acids is 4. The fraction of sp³-hybridized carbons (Fsp3) is 0.333. The molecule has 0 fully saturated rings. The van der Waals surface area contributed by atoms with E-state index in [2.05, 4.69) is 16.0 Å². The Morgan fingerprint density at radius 2 is 1.58 bits per heavy atom. The van der Waals surface area contributed by atoms with Crippen LogP contribution in [0.3, 0.4) is 0 Å². The van der Waals surface area contributed by atoms with Crippen molar-refractivity contribution in [3.05, 3.63) is 76.6 Å². The number of ether oxygens (including phenoxy) is 2. The first-order valence-corrected chi connectivity index (χ1v) is 13.4. The molecule has 0 spiro atoms. The van der Waals surface area contributed by atoms with Gasteiger partial charge in [0.05, 0.1) is 6.42 Å². The molecule has 1 aromatic heterocycles. The number of nitrogens with one attached hydrogen (secondary N) is 3. The molecule has 3 rings (SSSR count). The van der Waals surface area contributed by atoms with Gasteiger partial charge in [-0.05, 0) is 36.6 Å². The highest BCUT2D eigenvalue weighted by atomic mass is 16.5. The third-order valence-electron chi connectivity index (χ3n) is 6.25. The minimum absolute atomic E-state index is 0.00209. The summed E-state index contributed by atoms with van der Waals surface area (Å²) in [5, 5.41) is 17.2. The molecule has 3 amide bonds. The van der Waals surface area contributed by atoms with Crippen molar-refractivity contribution in [1.29, 1.82) is 0 Å². The van der Waals surface area contributed by atoms with E-state index in [4.69, 9.17) is 13.9 Å². The van der Waals surface area contributed by atoms with E-state index in [0.717, 1.165) is 5.56 Å². The van der Waals surface area contributed by atoms with E-state index in [9.17, 15) is 33.9 Å². The second-order valence-electron chi connectivity index (χ2n) is 10.0. The van der Waals surface area contributed by atoms with Gasteiger partial charge < -0.3 is 34.9 Å². The number of fused-ring (bicyclic) bond motifs is 1. The molecule has 0 aliphatic carbocycles. The number of ketones is 1. The van der Waals surface area contributed by atoms with E-state index in [1.807, 2.05) is 6.07 Å². The first-order chi connectivity index (χ1) is 20.4. The van der Waals surface area contributed by atoms with Crippen molar-refractivity contribution >= 4 is 40.6 Å². The molecule has 0 aliphatic heterocycles. The van der Waals surface area contributed by atoms with E-state index in [0.29, 0.717) is 5.39 Å². The smallest absolute Gasteiger partial charge is 0.408 e. The number of carboxylic acid groups (broad SMARTS) is 1. The average molecular weight is 596 g/mol. The lowest BCUT2D eigenvalue weighted by Gasteiger charge is -2.24. The van der Waals surface area contributed by atoms with Crippen LogP contribution in [0.5, 0.6) is 5.75 Å². The van der Waals surface area contributed by atoms with Crippen LogP contribution in [0.15, 0.2) is 69.9 Å². The van der Waals surface area contributed by atoms with Gasteiger partial charge in [0.1, 0.15) is 42.7 Å². The van der Waals surface area contributed by atoms with Crippen LogP contribution in [0.4, 0.5) is 4.79 Å². The van der Waals surface area contributed by atoms with E-state index < -0.39 is 66.4 Å². The summed E-state index contributed by atoms with van der Waals surface area (Å²) in [6.45, 7) is 4.14. The average Bonchev–Trinajstić information content (AvgIpc) is 2.96. The molecule has 1 unspecified atom stereocenters. The largest absolute Gasteiger partial charge is 0.486 e. The summed E-state index contributed by atoms with van der Waals surface area (Å²) >= 11 is 0. The van der Waals surface area contributed by atoms with Gasteiger partial charge in [0.2, 0.25) is 11.8 Å². The van der Waals surface area contributed by atoms with Crippen molar-refractivity contribution in [1.82, 2.24) is 16.0 Å². The van der Waals surface area contributed by atoms with Gasteiger partial charge in [-0.25, -0.2) is 9.59 Å². The van der Waals surface area contributed by atoms with E-state index in [-0.39, 0.29) is 23.9 Å². The van der Waals surface area contributed by atoms with E-state index in [1.165, 1.54) is 25.1 Å². The zero-order valence-electron chi connectivity index (χ0n) is 23.8. The summed E-state index contributed by atoms with van der Waals surface area (Å²) in [5.41, 5.74) is 0.427. The highest BCUT2D eigenvalue weighted by Gasteiger charge is 2.30. The monoisotopic (exact) mass is 595 g/mol. The van der Waals surface area contributed by atoms with Crippen molar-refractivity contribution < 1.29 is 43.0 Å². The molecule has 43 heavy (non-hydrogen) atoms. The van der Waals surface area contributed by atoms with Crippen molar-refractivity contribution in [2.45, 2.75) is 51.9 Å². The number of benzene rings is 2. The molecule has 0 aliphatic rings. The first kappa shape index (κ1) is 32.3. The van der Waals surface area contributed by atoms with Gasteiger partial charge in [-0.3, -0.25) is 19.2 Å². The molecule has 1 heterocycles. The third-order valence-corrected chi connectivity index (χ3v) is 6.25. The fourth-order valence-electron chi connectivity index (χ4n) is 3.90. The number of rotatable bonds is 14. The van der Waals surface area contributed by atoms with Crippen LogP contribution >= 0.6 is 0 Å². The highest BCUT2D eigenvalue weighted by Crippen LogP contribution is 2.19. The van der Waals surface area contributed by atoms with Crippen molar-refractivity contribution in [2.24, 2.45) is 5.92 Å². The fourth-order valence-corrected chi connectivity index (χ4v) is 3.90. The normalized spacial score (nSPS) is 12.9. The third kappa shape index (κ3) is 9.99. The number of Topliss-reactive ketones (excluding diaryl/α,β-unsaturated/α-hetero) is 1. The summed E-state index contributed by atoms with van der Waals surface area (Å²) < 4.78 is 15.7. The van der Waals surface area contributed by atoms with E-state index in [1.54, 1.807) is 50.2 Å². The Bertz CT molecular complexity index is 1520. The number of amides is 3. The first-order valence-electron chi connectivity index (χ1n) is 13.4. The molecule has 228 valence electrons. The minimum Gasteiger partial charge on any atom is -0.486 e. The molecule has 0 saturated heterocycles. The Hall–Kier alpha value is -5.20. The number of hydrogen-bond donors (Lipinski definition) is 4. The number of carboxylic acids is 1. The number of hydrogen-bond acceptors (Lipinski definition) is 9. The molecule has 13 heteroatoms. The van der Waals surface area contributed by atoms with Gasteiger partial charge >= 0.3 is 17.7 Å². The second-order valence-corrected chi connectivity index (χ2v) is 10.0. The maximum absolute atomic E-state index is 12.9. The number of alkyl carbamates (subject to hydrolysis) is 1. The molecular weight excluding hydrogens is 562 g/mol. The Labute approximate surface area is 246 Å². The zero-order chi connectivity index (χ0) is 31.5. The number of carbonyl (C=O) groups is 5. The Morgan fingerprint density at radius 3 is 2.26 bits per heavy atom. The molecule has 2 aromatic carbocycles. The van der Waals surface area contributed by atoms with Crippen LogP contribution in [0.1, 0.15) is 32.8 Å². The Kier molecular flexibility index (Phi) is 11.4. The summed E-state index contributed by atoms with van der Waals surface area (Å²) in [6.07, 6.45) is -1.56. The van der Waals surface area contributed by atoms with Crippen LogP contribution in [-0.4, -0.2) is 59.5 Å². The zero-order valence-corrected chi connectivity index (χ0v) is 23.8. The summed E-state index contributed by atoms with van der Waals surface area (Å²) in [6, 6.07) is 12.6. The van der Waals surface area contributed by atoms with Crippen LogP contribution in [0.25, 0.3) is 11.0 Å². The Morgan fingerprint density at radius 1 is 0.884 bits per heavy atom. The molecule has 3 atom stereocenters. The van der Waals surface area contributed by atoms with E-state index >= 15 is 0 Å². The van der Waals surface area contributed by atoms with Gasteiger partial charge in [0.15, 0.2) is 5.78 Å². The van der Waals surface area contributed by atoms with Gasteiger partial charge in [0, 0.05) is 17.5 Å². The SMILES string of the molecule is CC(C)[C@H](NC(=O)OCc1ccccc1)C(=O)N[C@@H](C)C(=O)NC(CC(=O)O)C(=O)COc1ccc2ccc(=O)oc2c1. The quantitative estimate of drug-likeness (QED) is 0.201. The second kappa shape index (κ2) is 15.1. The Balaban J connectivity index is 1.56. The highest BCUT2D eigenvalue weighted by molar-refractivity contribution is 5.96. The van der Waals surface area contributed by atoms with Crippen LogP contribution < -0.4 is 26.3 Å². The van der Waals surface area contributed by atoms with Gasteiger partial charge in [-0.2, -0.15) is 0 Å². The topological polar surface area (TPSA) is 190 Å². The lowest BCUT2D eigenvalue weighted by molar-refractivity contribution is -0.141. The maximum atomic E-state index is 12.9.